The van der Waals surface area contributed by atoms with E-state index in [9.17, 15) is 13.2 Å². The Morgan fingerprint density at radius 1 is 1.16 bits per heavy atom. The Morgan fingerprint density at radius 2 is 1.90 bits per heavy atom. The maximum Gasteiger partial charge on any atom is 0.341 e. The number of esters is 1. The molecule has 31 heavy (non-hydrogen) atoms. The number of hydrogen-bond acceptors (Lipinski definition) is 9. The van der Waals surface area contributed by atoms with Crippen molar-refractivity contribution >= 4 is 27.8 Å². The molecular formula is C20H21N3O6S2. The van der Waals surface area contributed by atoms with Crippen molar-refractivity contribution < 1.29 is 27.2 Å². The highest BCUT2D eigenvalue weighted by molar-refractivity contribution is 7.98. The van der Waals surface area contributed by atoms with Gasteiger partial charge in [0.2, 0.25) is 10.0 Å². The van der Waals surface area contributed by atoms with Gasteiger partial charge in [-0.3, -0.25) is 0 Å². The summed E-state index contributed by atoms with van der Waals surface area (Å²) in [5, 5.41) is 9.53. The van der Waals surface area contributed by atoms with Crippen LogP contribution in [0.4, 0.5) is 0 Å². The number of pyridine rings is 1. The summed E-state index contributed by atoms with van der Waals surface area (Å²) in [6.45, 7) is 3.81. The molecule has 11 heteroatoms. The molecular weight excluding hydrogens is 442 g/mol. The Hall–Kier alpha value is -2.89. The van der Waals surface area contributed by atoms with Crippen LogP contribution in [0.5, 0.6) is 5.75 Å². The van der Waals surface area contributed by atoms with Crippen molar-refractivity contribution in [2.75, 3.05) is 13.2 Å². The molecule has 0 aliphatic rings. The number of primary sulfonamides is 1. The number of sulfonamides is 1. The van der Waals surface area contributed by atoms with Gasteiger partial charge in [-0.1, -0.05) is 5.16 Å². The number of benzene rings is 1. The topological polar surface area (TPSA) is 135 Å². The number of carbonyl (C=O) groups is 1. The van der Waals surface area contributed by atoms with Crippen molar-refractivity contribution in [2.45, 2.75) is 29.5 Å². The lowest BCUT2D eigenvalue weighted by Crippen LogP contribution is -2.14. The van der Waals surface area contributed by atoms with Gasteiger partial charge in [0, 0.05) is 17.5 Å². The SMILES string of the molecule is Cc1noc(C)c1CSc1ncccc1C(=O)OCCOc1ccc(S(N)(=O)=O)cc1. The molecule has 0 bridgehead atoms. The quantitative estimate of drug-likeness (QED) is 0.289. The maximum atomic E-state index is 12.5. The lowest BCUT2D eigenvalue weighted by molar-refractivity contribution is 0.0445. The van der Waals surface area contributed by atoms with Gasteiger partial charge in [0.15, 0.2) is 0 Å². The zero-order valence-corrected chi connectivity index (χ0v) is 18.5. The molecule has 164 valence electrons. The van der Waals surface area contributed by atoms with Crippen LogP contribution in [-0.4, -0.2) is 37.7 Å². The highest BCUT2D eigenvalue weighted by atomic mass is 32.2. The molecule has 0 aliphatic carbocycles. The molecule has 0 radical (unpaired) electrons. The van der Waals surface area contributed by atoms with Crippen LogP contribution in [0.1, 0.15) is 27.4 Å². The number of hydrogen-bond donors (Lipinski definition) is 1. The fourth-order valence-electron chi connectivity index (χ4n) is 2.61. The summed E-state index contributed by atoms with van der Waals surface area (Å²) < 4.78 is 38.4. The largest absolute Gasteiger partial charge is 0.490 e. The summed E-state index contributed by atoms with van der Waals surface area (Å²) in [6, 6.07) is 8.96. The van der Waals surface area contributed by atoms with Gasteiger partial charge in [0.05, 0.1) is 16.2 Å². The van der Waals surface area contributed by atoms with E-state index in [1.54, 1.807) is 18.3 Å². The second kappa shape index (κ2) is 9.94. The van der Waals surface area contributed by atoms with Gasteiger partial charge < -0.3 is 14.0 Å². The minimum Gasteiger partial charge on any atom is -0.490 e. The Morgan fingerprint density at radius 3 is 2.55 bits per heavy atom. The van der Waals surface area contributed by atoms with E-state index in [0.29, 0.717) is 22.1 Å². The first-order chi connectivity index (χ1) is 14.8. The first kappa shape index (κ1) is 22.8. The van der Waals surface area contributed by atoms with Crippen molar-refractivity contribution in [2.24, 2.45) is 5.14 Å². The molecule has 0 unspecified atom stereocenters. The molecule has 9 nitrogen and oxygen atoms in total. The van der Waals surface area contributed by atoms with Crippen LogP contribution in [-0.2, 0) is 20.5 Å². The third-order valence-electron chi connectivity index (χ3n) is 4.26. The van der Waals surface area contributed by atoms with Crippen LogP contribution in [0.3, 0.4) is 0 Å². The van der Waals surface area contributed by atoms with E-state index >= 15 is 0 Å². The van der Waals surface area contributed by atoms with E-state index in [2.05, 4.69) is 10.1 Å². The van der Waals surface area contributed by atoms with Gasteiger partial charge in [-0.2, -0.15) is 0 Å². The summed E-state index contributed by atoms with van der Waals surface area (Å²) in [5.74, 6) is 1.22. The molecule has 0 atom stereocenters. The van der Waals surface area contributed by atoms with Crippen LogP contribution in [0.15, 0.2) is 57.0 Å². The molecule has 2 N–H and O–H groups in total. The second-order valence-corrected chi connectivity index (χ2v) is 8.97. The summed E-state index contributed by atoms with van der Waals surface area (Å²) >= 11 is 1.40. The van der Waals surface area contributed by atoms with Gasteiger partial charge in [-0.25, -0.2) is 23.3 Å². The first-order valence-electron chi connectivity index (χ1n) is 9.18. The molecule has 2 aromatic heterocycles. The number of ether oxygens (including phenoxy) is 2. The molecule has 2 heterocycles. The monoisotopic (exact) mass is 463 g/mol. The number of carbonyl (C=O) groups excluding carboxylic acids is 1. The van der Waals surface area contributed by atoms with E-state index in [0.717, 1.165) is 17.0 Å². The summed E-state index contributed by atoms with van der Waals surface area (Å²) in [5.41, 5.74) is 2.13. The lowest BCUT2D eigenvalue weighted by atomic mass is 10.2. The van der Waals surface area contributed by atoms with Crippen molar-refractivity contribution in [3.05, 3.63) is 65.2 Å². The van der Waals surface area contributed by atoms with Gasteiger partial charge >= 0.3 is 5.97 Å². The molecule has 3 rings (SSSR count). The number of aryl methyl sites for hydroxylation is 2. The Kier molecular flexibility index (Phi) is 7.31. The zero-order valence-electron chi connectivity index (χ0n) is 16.9. The molecule has 3 aromatic rings. The van der Waals surface area contributed by atoms with Crippen LogP contribution in [0.25, 0.3) is 0 Å². The lowest BCUT2D eigenvalue weighted by Gasteiger charge is -2.10. The average Bonchev–Trinajstić information content (AvgIpc) is 3.07. The molecule has 0 saturated heterocycles. The van der Waals surface area contributed by atoms with Crippen LogP contribution >= 0.6 is 11.8 Å². The van der Waals surface area contributed by atoms with E-state index in [4.69, 9.17) is 19.1 Å². The minimum atomic E-state index is -3.76. The molecule has 0 saturated carbocycles. The van der Waals surface area contributed by atoms with Crippen LogP contribution in [0.2, 0.25) is 0 Å². The van der Waals surface area contributed by atoms with E-state index in [1.807, 2.05) is 13.8 Å². The smallest absolute Gasteiger partial charge is 0.341 e. The van der Waals surface area contributed by atoms with Gasteiger partial charge in [0.1, 0.15) is 29.7 Å². The Labute approximate surface area is 184 Å². The van der Waals surface area contributed by atoms with Gasteiger partial charge in [0.25, 0.3) is 0 Å². The number of nitrogens with two attached hydrogens (primary N) is 1. The Balaban J connectivity index is 1.53. The first-order valence-corrected chi connectivity index (χ1v) is 11.7. The van der Waals surface area contributed by atoms with Gasteiger partial charge in [-0.05, 0) is 50.2 Å². The number of rotatable bonds is 9. The fraction of sp³-hybridized carbons (Fsp3) is 0.250. The second-order valence-electron chi connectivity index (χ2n) is 6.45. The van der Waals surface area contributed by atoms with Crippen molar-refractivity contribution in [1.82, 2.24) is 10.1 Å². The third kappa shape index (κ3) is 6.06. The highest BCUT2D eigenvalue weighted by Gasteiger charge is 2.16. The predicted octanol–water partition coefficient (Wildman–Crippen LogP) is 2.86. The maximum absolute atomic E-state index is 12.5. The summed E-state index contributed by atoms with van der Waals surface area (Å²) in [4.78, 5) is 16.8. The number of aromatic nitrogens is 2. The summed E-state index contributed by atoms with van der Waals surface area (Å²) in [6.07, 6.45) is 1.61. The average molecular weight is 464 g/mol. The summed E-state index contributed by atoms with van der Waals surface area (Å²) in [7, 11) is -3.76. The van der Waals surface area contributed by atoms with Gasteiger partial charge in [-0.15, -0.1) is 11.8 Å². The van der Waals surface area contributed by atoms with Crippen molar-refractivity contribution in [1.29, 1.82) is 0 Å². The molecule has 0 amide bonds. The van der Waals surface area contributed by atoms with Crippen LogP contribution < -0.4 is 9.88 Å². The Bertz CT molecular complexity index is 1140. The van der Waals surface area contributed by atoms with Crippen LogP contribution in [0, 0.1) is 13.8 Å². The van der Waals surface area contributed by atoms with Crippen molar-refractivity contribution in [3.8, 4) is 5.75 Å². The van der Waals surface area contributed by atoms with E-state index in [-0.39, 0.29) is 18.1 Å². The minimum absolute atomic E-state index is 0.00975. The molecule has 0 aliphatic heterocycles. The fourth-order valence-corrected chi connectivity index (χ4v) is 4.26. The van der Waals surface area contributed by atoms with E-state index in [1.165, 1.54) is 36.0 Å². The molecule has 0 spiro atoms. The zero-order chi connectivity index (χ0) is 22.4. The molecule has 1 aromatic carbocycles. The number of nitrogens with zero attached hydrogens (tertiary/aromatic N) is 2. The third-order valence-corrected chi connectivity index (χ3v) is 6.22. The highest BCUT2D eigenvalue weighted by Crippen LogP contribution is 2.27. The number of thioether (sulfide) groups is 1. The standard InChI is InChI=1S/C20H21N3O6S2/c1-13-18(14(2)29-23-13)12-30-19-17(4-3-9-22-19)20(24)28-11-10-27-15-5-7-16(8-6-15)31(21,25)26/h3-9H,10-12H2,1-2H3,(H2,21,25,26). The molecule has 0 fully saturated rings. The predicted molar refractivity (Wildman–Crippen MR) is 113 cm³/mol. The normalized spacial score (nSPS) is 11.3. The van der Waals surface area contributed by atoms with E-state index < -0.39 is 16.0 Å². The van der Waals surface area contributed by atoms with Crippen molar-refractivity contribution in [3.63, 3.8) is 0 Å².